The number of fused-ring (bicyclic) bond motifs is 3. The van der Waals surface area contributed by atoms with Gasteiger partial charge in [-0.3, -0.25) is 4.52 Å². The molecular weight excluding hydrogens is 574 g/mol. The number of alkyl halides is 3. The maximum Gasteiger partial charge on any atom is 0.461 e. The standard InChI is InChI=1S/C25H28ClF3N5O5P/c1-4-37-13-20-32-21-22(18-7-5-6-8-19(18)31-23(21)30)34(20)14-24(3,35)39-40(36,33-15(2)25(27,28)29)38-17-11-9-16(26)10-12-17/h5-12,15,35H,4,13-14H2,1-3H3,(H2,30,31)(H,33,36)/t15-,24?,40?/m0/s1. The van der Waals surface area contributed by atoms with Crippen molar-refractivity contribution in [2.24, 2.45) is 0 Å². The van der Waals surface area contributed by atoms with Crippen LogP contribution in [0.1, 0.15) is 26.6 Å². The molecule has 0 aliphatic heterocycles. The lowest BCUT2D eigenvalue weighted by Gasteiger charge is -2.31. The summed E-state index contributed by atoms with van der Waals surface area (Å²) >= 11 is 5.87. The number of anilines is 1. The number of nitrogens with two attached hydrogens (primary N) is 1. The lowest BCUT2D eigenvalue weighted by atomic mass is 10.2. The number of halogens is 4. The number of benzene rings is 2. The monoisotopic (exact) mass is 601 g/mol. The number of nitrogen functional groups attached to an aromatic ring is 1. The van der Waals surface area contributed by atoms with E-state index >= 15 is 0 Å². The maximum absolute atomic E-state index is 13.7. The molecule has 4 N–H and O–H groups in total. The molecule has 0 aliphatic rings. The van der Waals surface area contributed by atoms with E-state index < -0.39 is 32.3 Å². The van der Waals surface area contributed by atoms with Crippen molar-refractivity contribution >= 4 is 47.1 Å². The summed E-state index contributed by atoms with van der Waals surface area (Å²) in [5, 5.41) is 14.2. The molecule has 2 aromatic carbocycles. The van der Waals surface area contributed by atoms with Crippen molar-refractivity contribution in [3.63, 3.8) is 0 Å². The van der Waals surface area contributed by atoms with Crippen molar-refractivity contribution in [3.05, 3.63) is 59.4 Å². The molecule has 0 spiro atoms. The van der Waals surface area contributed by atoms with E-state index in [2.05, 4.69) is 9.97 Å². The third kappa shape index (κ3) is 6.85. The highest BCUT2D eigenvalue weighted by atomic mass is 35.5. The van der Waals surface area contributed by atoms with Crippen LogP contribution in [0.4, 0.5) is 19.0 Å². The average Bonchev–Trinajstić information content (AvgIpc) is 3.21. The Morgan fingerprint density at radius 3 is 2.50 bits per heavy atom. The molecule has 2 aromatic heterocycles. The topological polar surface area (TPSA) is 134 Å². The highest BCUT2D eigenvalue weighted by molar-refractivity contribution is 7.52. The summed E-state index contributed by atoms with van der Waals surface area (Å²) < 4.78 is 71.9. The molecule has 4 rings (SSSR count). The van der Waals surface area contributed by atoms with E-state index in [1.807, 2.05) is 5.09 Å². The van der Waals surface area contributed by atoms with E-state index in [4.69, 9.17) is 31.1 Å². The smallest absolute Gasteiger partial charge is 0.413 e. The van der Waals surface area contributed by atoms with Crippen molar-refractivity contribution < 1.29 is 36.6 Å². The molecule has 3 atom stereocenters. The van der Waals surface area contributed by atoms with Crippen LogP contribution in [-0.4, -0.2) is 44.3 Å². The lowest BCUT2D eigenvalue weighted by molar-refractivity contribution is -0.156. The number of hydrogen-bond acceptors (Lipinski definition) is 8. The van der Waals surface area contributed by atoms with Crippen LogP contribution in [0, 0.1) is 0 Å². The third-order valence-corrected chi connectivity index (χ3v) is 7.82. The van der Waals surface area contributed by atoms with Crippen LogP contribution in [0.25, 0.3) is 21.9 Å². The first-order valence-electron chi connectivity index (χ1n) is 12.2. The second-order valence-electron chi connectivity index (χ2n) is 9.16. The van der Waals surface area contributed by atoms with Crippen molar-refractivity contribution in [1.82, 2.24) is 19.6 Å². The summed E-state index contributed by atoms with van der Waals surface area (Å²) in [6, 6.07) is 10.2. The van der Waals surface area contributed by atoms with Gasteiger partial charge in [-0.25, -0.2) is 14.5 Å². The number of imidazole rings is 1. The number of aliphatic hydroxyl groups is 1. The van der Waals surface area contributed by atoms with Gasteiger partial charge < -0.3 is 24.7 Å². The Kier molecular flexibility index (Phi) is 8.65. The Morgan fingerprint density at radius 1 is 1.18 bits per heavy atom. The van der Waals surface area contributed by atoms with Gasteiger partial charge in [-0.05, 0) is 51.1 Å². The number of ether oxygens (including phenoxy) is 1. The van der Waals surface area contributed by atoms with Gasteiger partial charge in [0.05, 0.1) is 17.6 Å². The fourth-order valence-electron chi connectivity index (χ4n) is 3.98. The van der Waals surface area contributed by atoms with Crippen LogP contribution in [0.5, 0.6) is 5.75 Å². The van der Waals surface area contributed by atoms with Crippen molar-refractivity contribution in [1.29, 1.82) is 0 Å². The first kappa shape index (κ1) is 30.0. The largest absolute Gasteiger partial charge is 0.461 e. The summed E-state index contributed by atoms with van der Waals surface area (Å²) in [7, 11) is -4.87. The highest BCUT2D eigenvalue weighted by Crippen LogP contribution is 2.49. The van der Waals surface area contributed by atoms with Crippen molar-refractivity contribution in [2.75, 3.05) is 12.3 Å². The maximum atomic E-state index is 13.7. The molecule has 2 heterocycles. The Bertz CT molecular complexity index is 1550. The van der Waals surface area contributed by atoms with E-state index in [1.54, 1.807) is 35.8 Å². The first-order valence-corrected chi connectivity index (χ1v) is 14.1. The SMILES string of the molecule is CCOCc1nc2c(N)nc3ccccc3c2n1CC(C)(O)OP(=O)(N[C@@H](C)C(F)(F)F)Oc1ccc(Cl)cc1. The number of nitrogens with zero attached hydrogens (tertiary/aromatic N) is 3. The quantitative estimate of drug-likeness (QED) is 0.144. The molecule has 0 amide bonds. The molecule has 10 nitrogen and oxygen atoms in total. The molecule has 4 aromatic rings. The molecule has 0 saturated heterocycles. The minimum Gasteiger partial charge on any atom is -0.413 e. The second-order valence-corrected chi connectivity index (χ2v) is 11.2. The van der Waals surface area contributed by atoms with Gasteiger partial charge in [0.15, 0.2) is 11.6 Å². The molecule has 0 bridgehead atoms. The zero-order valence-electron chi connectivity index (χ0n) is 21.8. The van der Waals surface area contributed by atoms with E-state index in [0.29, 0.717) is 39.4 Å². The fourth-order valence-corrected chi connectivity index (χ4v) is 5.84. The van der Waals surface area contributed by atoms with E-state index in [0.717, 1.165) is 13.8 Å². The number of rotatable bonds is 11. The van der Waals surface area contributed by atoms with Crippen LogP contribution < -0.4 is 15.3 Å². The summed E-state index contributed by atoms with van der Waals surface area (Å²) in [6.45, 7) is 3.62. The normalized spacial score (nSPS) is 16.1. The summed E-state index contributed by atoms with van der Waals surface area (Å²) in [4.78, 5) is 8.92. The van der Waals surface area contributed by atoms with E-state index in [-0.39, 0.29) is 18.2 Å². The molecule has 0 aliphatic carbocycles. The van der Waals surface area contributed by atoms with Crippen molar-refractivity contribution in [2.45, 2.75) is 51.9 Å². The third-order valence-electron chi connectivity index (χ3n) is 5.77. The van der Waals surface area contributed by atoms with Gasteiger partial charge in [0.2, 0.25) is 0 Å². The number of nitrogens with one attached hydrogen (secondary N) is 1. The number of aromatic nitrogens is 3. The van der Waals surface area contributed by atoms with Gasteiger partial charge in [-0.1, -0.05) is 29.8 Å². The summed E-state index contributed by atoms with van der Waals surface area (Å²) in [5.74, 6) is -1.99. The molecule has 40 heavy (non-hydrogen) atoms. The van der Waals surface area contributed by atoms with Crippen LogP contribution in [0.2, 0.25) is 5.02 Å². The predicted octanol–water partition coefficient (Wildman–Crippen LogP) is 5.81. The van der Waals surface area contributed by atoms with Gasteiger partial charge >= 0.3 is 13.9 Å². The van der Waals surface area contributed by atoms with Crippen LogP contribution in [0.3, 0.4) is 0 Å². The number of pyridine rings is 1. The van der Waals surface area contributed by atoms with Gasteiger partial charge in [0.1, 0.15) is 29.7 Å². The zero-order chi connectivity index (χ0) is 29.3. The summed E-state index contributed by atoms with van der Waals surface area (Å²) in [5.41, 5.74) is 7.54. The molecular formula is C25H28ClF3N5O5P. The lowest BCUT2D eigenvalue weighted by Crippen LogP contribution is -2.42. The molecule has 15 heteroatoms. The Labute approximate surface area is 232 Å². The minimum atomic E-state index is -4.87. The van der Waals surface area contributed by atoms with Crippen LogP contribution in [0.15, 0.2) is 48.5 Å². The summed E-state index contributed by atoms with van der Waals surface area (Å²) in [6.07, 6.45) is -4.79. The number of para-hydroxylation sites is 1. The Hall–Kier alpha value is -2.93. The average molecular weight is 602 g/mol. The van der Waals surface area contributed by atoms with E-state index in [9.17, 15) is 22.8 Å². The minimum absolute atomic E-state index is 0.0112. The number of hydrogen-bond donors (Lipinski definition) is 3. The van der Waals surface area contributed by atoms with Crippen LogP contribution >= 0.6 is 19.3 Å². The molecule has 2 unspecified atom stereocenters. The van der Waals surface area contributed by atoms with Gasteiger partial charge in [0, 0.05) is 17.0 Å². The molecule has 0 fully saturated rings. The van der Waals surface area contributed by atoms with Crippen LogP contribution in [-0.2, 0) is 27.0 Å². The van der Waals surface area contributed by atoms with Crippen molar-refractivity contribution in [3.8, 4) is 5.75 Å². The first-order chi connectivity index (χ1) is 18.7. The van der Waals surface area contributed by atoms with Gasteiger partial charge in [0.25, 0.3) is 0 Å². The Morgan fingerprint density at radius 2 is 1.85 bits per heavy atom. The van der Waals surface area contributed by atoms with Gasteiger partial charge in [-0.2, -0.15) is 18.3 Å². The predicted molar refractivity (Wildman–Crippen MR) is 145 cm³/mol. The molecule has 0 saturated carbocycles. The Balaban J connectivity index is 1.76. The van der Waals surface area contributed by atoms with E-state index in [1.165, 1.54) is 24.3 Å². The molecule has 216 valence electrons. The highest BCUT2D eigenvalue weighted by Gasteiger charge is 2.45. The zero-order valence-corrected chi connectivity index (χ0v) is 23.4. The molecule has 0 radical (unpaired) electrons. The second kappa shape index (κ2) is 11.5. The van der Waals surface area contributed by atoms with Gasteiger partial charge in [-0.15, -0.1) is 0 Å². The fraction of sp³-hybridized carbons (Fsp3) is 0.360.